The second-order valence-corrected chi connectivity index (χ2v) is 9.27. The molecule has 2 aromatic heterocycles. The second kappa shape index (κ2) is 11.5. The highest BCUT2D eigenvalue weighted by molar-refractivity contribution is 5.86. The lowest BCUT2D eigenvalue weighted by Crippen LogP contribution is -2.24. The van der Waals surface area contributed by atoms with E-state index in [1.54, 1.807) is 12.4 Å². The molecule has 4 nitrogen and oxygen atoms in total. The van der Waals surface area contributed by atoms with E-state index in [-0.39, 0.29) is 11.8 Å². The fourth-order valence-corrected chi connectivity index (χ4v) is 4.86. The first kappa shape index (κ1) is 23.6. The minimum absolute atomic E-state index is 0.0739. The van der Waals surface area contributed by atoms with Crippen LogP contribution in [-0.2, 0) is 24.3 Å². The van der Waals surface area contributed by atoms with Crippen molar-refractivity contribution in [3.8, 4) is 0 Å². The summed E-state index contributed by atoms with van der Waals surface area (Å²) in [6.45, 7) is 1.32. The van der Waals surface area contributed by atoms with Crippen LogP contribution in [0.4, 0.5) is 0 Å². The predicted molar refractivity (Wildman–Crippen MR) is 146 cm³/mol. The smallest absolute Gasteiger partial charge is 0.220 e. The molecule has 2 heterocycles. The van der Waals surface area contributed by atoms with Gasteiger partial charge in [-0.05, 0) is 59.2 Å². The van der Waals surface area contributed by atoms with Crippen LogP contribution < -0.4 is 5.32 Å². The van der Waals surface area contributed by atoms with Crippen LogP contribution in [-0.4, -0.2) is 15.5 Å². The molecule has 4 heteroatoms. The average Bonchev–Trinajstić information content (AvgIpc) is 3.30. The molecule has 1 amide bonds. The Hall–Kier alpha value is -4.18. The Morgan fingerprint density at radius 3 is 2.19 bits per heavy atom. The molecule has 0 bridgehead atoms. The third-order valence-electron chi connectivity index (χ3n) is 6.75. The SMILES string of the molecule is O=C(CC(CCc1ccccc1)c1cn(Cc2ccccc2)c2ccccc12)NCc1ccncc1. The highest BCUT2D eigenvalue weighted by Gasteiger charge is 2.21. The van der Waals surface area contributed by atoms with Crippen LogP contribution in [0.5, 0.6) is 0 Å². The lowest BCUT2D eigenvalue weighted by atomic mass is 9.89. The van der Waals surface area contributed by atoms with Gasteiger partial charge in [-0.25, -0.2) is 0 Å². The minimum Gasteiger partial charge on any atom is -0.352 e. The standard InChI is InChI=1S/C32H31N3O/c36-32(34-22-26-17-19-33-20-18-26)21-28(16-15-25-9-3-1-4-10-25)30-24-35(23-27-11-5-2-6-12-27)31-14-8-7-13-29(30)31/h1-14,17-20,24,28H,15-16,21-23H2,(H,34,36). The maximum Gasteiger partial charge on any atom is 0.220 e. The molecule has 0 fully saturated rings. The molecule has 180 valence electrons. The molecule has 0 saturated heterocycles. The zero-order valence-corrected chi connectivity index (χ0v) is 20.4. The number of fused-ring (bicyclic) bond motifs is 1. The van der Waals surface area contributed by atoms with E-state index in [1.165, 1.54) is 27.6 Å². The fraction of sp³-hybridized carbons (Fsp3) is 0.188. The monoisotopic (exact) mass is 473 g/mol. The maximum atomic E-state index is 13.1. The third-order valence-corrected chi connectivity index (χ3v) is 6.75. The number of amides is 1. The Morgan fingerprint density at radius 1 is 0.778 bits per heavy atom. The van der Waals surface area contributed by atoms with Crippen LogP contribution >= 0.6 is 0 Å². The van der Waals surface area contributed by atoms with Gasteiger partial charge in [0, 0.05) is 49.0 Å². The summed E-state index contributed by atoms with van der Waals surface area (Å²) in [6, 6.07) is 33.5. The van der Waals surface area contributed by atoms with Crippen molar-refractivity contribution in [3.05, 3.63) is 138 Å². The second-order valence-electron chi connectivity index (χ2n) is 9.27. The Kier molecular flexibility index (Phi) is 7.52. The van der Waals surface area contributed by atoms with Crippen LogP contribution in [0.1, 0.15) is 41.0 Å². The summed E-state index contributed by atoms with van der Waals surface area (Å²) in [5, 5.41) is 4.35. The molecule has 5 aromatic rings. The largest absolute Gasteiger partial charge is 0.352 e. The average molecular weight is 474 g/mol. The summed E-state index contributed by atoms with van der Waals surface area (Å²) in [4.78, 5) is 17.2. The number of rotatable bonds is 10. The number of para-hydroxylation sites is 1. The molecule has 36 heavy (non-hydrogen) atoms. The highest BCUT2D eigenvalue weighted by Crippen LogP contribution is 2.33. The molecular weight excluding hydrogens is 442 g/mol. The molecule has 1 N–H and O–H groups in total. The number of pyridine rings is 1. The van der Waals surface area contributed by atoms with Crippen LogP contribution in [0.15, 0.2) is 116 Å². The Balaban J connectivity index is 1.41. The Morgan fingerprint density at radius 2 is 1.44 bits per heavy atom. The van der Waals surface area contributed by atoms with Crippen LogP contribution in [0.3, 0.4) is 0 Å². The van der Waals surface area contributed by atoms with Crippen molar-refractivity contribution in [2.75, 3.05) is 0 Å². The number of aryl methyl sites for hydroxylation is 1. The van der Waals surface area contributed by atoms with Gasteiger partial charge in [0.15, 0.2) is 0 Å². The van der Waals surface area contributed by atoms with Crippen LogP contribution in [0, 0.1) is 0 Å². The Labute approximate surface area is 212 Å². The summed E-state index contributed by atoms with van der Waals surface area (Å²) >= 11 is 0. The van der Waals surface area contributed by atoms with Crippen molar-refractivity contribution >= 4 is 16.8 Å². The number of carbonyl (C=O) groups is 1. The lowest BCUT2D eigenvalue weighted by Gasteiger charge is -2.17. The summed E-state index contributed by atoms with van der Waals surface area (Å²) in [6.07, 6.45) is 8.07. The van der Waals surface area contributed by atoms with E-state index >= 15 is 0 Å². The van der Waals surface area contributed by atoms with Gasteiger partial charge in [0.1, 0.15) is 0 Å². The van der Waals surface area contributed by atoms with E-state index in [9.17, 15) is 4.79 Å². The molecule has 0 aliphatic carbocycles. The fourth-order valence-electron chi connectivity index (χ4n) is 4.86. The van der Waals surface area contributed by atoms with Crippen LogP contribution in [0.2, 0.25) is 0 Å². The molecule has 0 spiro atoms. The summed E-state index contributed by atoms with van der Waals surface area (Å²) in [5.74, 6) is 0.189. The molecule has 0 saturated carbocycles. The number of aromatic nitrogens is 2. The topological polar surface area (TPSA) is 46.9 Å². The first-order valence-corrected chi connectivity index (χ1v) is 12.6. The van der Waals surface area contributed by atoms with Crippen LogP contribution in [0.25, 0.3) is 10.9 Å². The van der Waals surface area contributed by atoms with E-state index in [1.807, 2.05) is 24.3 Å². The number of hydrogen-bond acceptors (Lipinski definition) is 2. The van der Waals surface area contributed by atoms with Gasteiger partial charge in [0.05, 0.1) is 0 Å². The van der Waals surface area contributed by atoms with Crippen molar-refractivity contribution in [3.63, 3.8) is 0 Å². The molecule has 0 aliphatic heterocycles. The van der Waals surface area contributed by atoms with E-state index in [0.29, 0.717) is 13.0 Å². The van der Waals surface area contributed by atoms with Crippen molar-refractivity contribution in [2.24, 2.45) is 0 Å². The Bertz CT molecular complexity index is 1400. The van der Waals surface area contributed by atoms with Gasteiger partial charge in [0.25, 0.3) is 0 Å². The van der Waals surface area contributed by atoms with Gasteiger partial charge in [-0.1, -0.05) is 78.9 Å². The summed E-state index contributed by atoms with van der Waals surface area (Å²) in [5.41, 5.74) is 6.07. The highest BCUT2D eigenvalue weighted by atomic mass is 16.1. The molecule has 0 aliphatic rings. The quantitative estimate of drug-likeness (QED) is 0.251. The number of nitrogens with zero attached hydrogens (tertiary/aromatic N) is 2. The van der Waals surface area contributed by atoms with E-state index in [0.717, 1.165) is 24.9 Å². The van der Waals surface area contributed by atoms with E-state index in [4.69, 9.17) is 0 Å². The molecular formula is C32H31N3O. The number of benzene rings is 3. The first-order chi connectivity index (χ1) is 17.8. The molecule has 1 unspecified atom stereocenters. The van der Waals surface area contributed by atoms with Gasteiger partial charge in [0.2, 0.25) is 5.91 Å². The zero-order chi connectivity index (χ0) is 24.6. The van der Waals surface area contributed by atoms with Gasteiger partial charge >= 0.3 is 0 Å². The number of nitrogens with one attached hydrogen (secondary N) is 1. The van der Waals surface area contributed by atoms with E-state index in [2.05, 4.69) is 93.9 Å². The number of carbonyl (C=O) groups excluding carboxylic acids is 1. The third kappa shape index (κ3) is 5.89. The zero-order valence-electron chi connectivity index (χ0n) is 20.4. The van der Waals surface area contributed by atoms with E-state index < -0.39 is 0 Å². The molecule has 5 rings (SSSR count). The lowest BCUT2D eigenvalue weighted by molar-refractivity contribution is -0.121. The summed E-state index contributed by atoms with van der Waals surface area (Å²) in [7, 11) is 0. The minimum atomic E-state index is 0.0739. The summed E-state index contributed by atoms with van der Waals surface area (Å²) < 4.78 is 2.32. The van der Waals surface area contributed by atoms with Gasteiger partial charge in [-0.2, -0.15) is 0 Å². The molecule has 0 radical (unpaired) electrons. The predicted octanol–water partition coefficient (Wildman–Crippen LogP) is 6.51. The maximum absolute atomic E-state index is 13.1. The first-order valence-electron chi connectivity index (χ1n) is 12.6. The van der Waals surface area contributed by atoms with Crippen molar-refractivity contribution in [1.82, 2.24) is 14.9 Å². The normalized spacial score (nSPS) is 11.9. The molecule has 3 aromatic carbocycles. The van der Waals surface area contributed by atoms with Crippen molar-refractivity contribution in [2.45, 2.75) is 38.3 Å². The van der Waals surface area contributed by atoms with Crippen molar-refractivity contribution < 1.29 is 4.79 Å². The molecule has 1 atom stereocenters. The van der Waals surface area contributed by atoms with Gasteiger partial charge in [-0.3, -0.25) is 9.78 Å². The number of hydrogen-bond donors (Lipinski definition) is 1. The van der Waals surface area contributed by atoms with Crippen molar-refractivity contribution in [1.29, 1.82) is 0 Å². The van der Waals surface area contributed by atoms with Gasteiger partial charge in [-0.15, -0.1) is 0 Å². The van der Waals surface area contributed by atoms with Gasteiger partial charge < -0.3 is 9.88 Å².